The number of hydrogen-bond acceptors (Lipinski definition) is 5. The van der Waals surface area contributed by atoms with Gasteiger partial charge in [-0.2, -0.15) is 4.37 Å². The molecule has 1 aliphatic carbocycles. The standard InChI is InChI=1S/C12H22N4S/c1-9-11(13)15-17-12(9)14-7-8-16(2)10-5-3-4-6-10/h10,14H,3-8H2,1-2H3,(H2,13,15). The van der Waals surface area contributed by atoms with Crippen molar-refractivity contribution < 1.29 is 0 Å². The third kappa shape index (κ3) is 3.10. The quantitative estimate of drug-likeness (QED) is 0.846. The molecule has 1 saturated carbocycles. The lowest BCUT2D eigenvalue weighted by molar-refractivity contribution is 0.255. The van der Waals surface area contributed by atoms with Crippen molar-refractivity contribution in [3.8, 4) is 0 Å². The largest absolute Gasteiger partial charge is 0.383 e. The highest BCUT2D eigenvalue weighted by atomic mass is 32.1. The maximum absolute atomic E-state index is 5.72. The van der Waals surface area contributed by atoms with E-state index in [0.29, 0.717) is 5.82 Å². The number of anilines is 2. The van der Waals surface area contributed by atoms with Crippen LogP contribution in [0.4, 0.5) is 10.8 Å². The minimum Gasteiger partial charge on any atom is -0.383 e. The minimum absolute atomic E-state index is 0.654. The zero-order chi connectivity index (χ0) is 12.3. The van der Waals surface area contributed by atoms with Crippen LogP contribution in [0.25, 0.3) is 0 Å². The Balaban J connectivity index is 1.73. The third-order valence-corrected chi connectivity index (χ3v) is 4.58. The zero-order valence-corrected chi connectivity index (χ0v) is 11.5. The summed E-state index contributed by atoms with van der Waals surface area (Å²) in [4.78, 5) is 2.47. The summed E-state index contributed by atoms with van der Waals surface area (Å²) >= 11 is 1.46. The first kappa shape index (κ1) is 12.6. The summed E-state index contributed by atoms with van der Waals surface area (Å²) in [7, 11) is 2.23. The van der Waals surface area contributed by atoms with Gasteiger partial charge in [-0.1, -0.05) is 12.8 Å². The van der Waals surface area contributed by atoms with Crippen LogP contribution in [0.3, 0.4) is 0 Å². The lowest BCUT2D eigenvalue weighted by Crippen LogP contribution is -2.33. The van der Waals surface area contributed by atoms with Crippen molar-refractivity contribution >= 4 is 22.4 Å². The predicted octanol–water partition coefficient (Wildman–Crippen LogP) is 2.32. The Morgan fingerprint density at radius 1 is 1.47 bits per heavy atom. The fourth-order valence-corrected chi connectivity index (χ4v) is 3.12. The molecule has 0 aliphatic heterocycles. The van der Waals surface area contributed by atoms with Gasteiger partial charge >= 0.3 is 0 Å². The number of aromatic nitrogens is 1. The van der Waals surface area contributed by atoms with E-state index in [1.54, 1.807) is 0 Å². The number of nitrogens with zero attached hydrogens (tertiary/aromatic N) is 2. The molecule has 0 atom stereocenters. The SMILES string of the molecule is Cc1c(N)nsc1NCCN(C)C1CCCC1. The summed E-state index contributed by atoms with van der Waals surface area (Å²) in [5, 5.41) is 4.54. The smallest absolute Gasteiger partial charge is 0.142 e. The van der Waals surface area contributed by atoms with Crippen LogP contribution in [-0.4, -0.2) is 35.5 Å². The molecule has 0 bridgehead atoms. The molecule has 2 rings (SSSR count). The molecule has 3 N–H and O–H groups in total. The molecular formula is C12H22N4S. The monoisotopic (exact) mass is 254 g/mol. The molecule has 1 aromatic heterocycles. The lowest BCUT2D eigenvalue weighted by atomic mass is 10.2. The third-order valence-electron chi connectivity index (χ3n) is 3.66. The molecule has 1 fully saturated rings. The summed E-state index contributed by atoms with van der Waals surface area (Å²) < 4.78 is 4.13. The maximum Gasteiger partial charge on any atom is 0.142 e. The van der Waals surface area contributed by atoms with E-state index in [1.165, 1.54) is 37.2 Å². The molecule has 1 aromatic rings. The molecule has 1 heterocycles. The van der Waals surface area contributed by atoms with Crippen molar-refractivity contribution in [3.63, 3.8) is 0 Å². The van der Waals surface area contributed by atoms with Crippen molar-refractivity contribution in [1.29, 1.82) is 0 Å². The molecule has 0 spiro atoms. The summed E-state index contributed by atoms with van der Waals surface area (Å²) in [5.41, 5.74) is 6.80. The van der Waals surface area contributed by atoms with Gasteiger partial charge in [-0.25, -0.2) is 0 Å². The van der Waals surface area contributed by atoms with Gasteiger partial charge in [-0.3, -0.25) is 0 Å². The summed E-state index contributed by atoms with van der Waals surface area (Å²) in [6.07, 6.45) is 5.52. The van der Waals surface area contributed by atoms with Crippen molar-refractivity contribution in [3.05, 3.63) is 5.56 Å². The molecule has 5 heteroatoms. The van der Waals surface area contributed by atoms with Crippen LogP contribution in [0.5, 0.6) is 0 Å². The molecule has 0 saturated heterocycles. The van der Waals surface area contributed by atoms with Gasteiger partial charge in [0.15, 0.2) is 0 Å². The van der Waals surface area contributed by atoms with Gasteiger partial charge in [0, 0.05) is 24.7 Å². The second kappa shape index (κ2) is 5.69. The summed E-state index contributed by atoms with van der Waals surface area (Å²) in [5.74, 6) is 0.654. The fourth-order valence-electron chi connectivity index (χ4n) is 2.39. The van der Waals surface area contributed by atoms with Crippen LogP contribution in [0, 0.1) is 6.92 Å². The number of likely N-dealkylation sites (N-methyl/N-ethyl adjacent to an activating group) is 1. The molecule has 4 nitrogen and oxygen atoms in total. The van der Waals surface area contributed by atoms with Crippen LogP contribution in [0.15, 0.2) is 0 Å². The Morgan fingerprint density at radius 2 is 2.18 bits per heavy atom. The Labute approximate surface area is 107 Å². The first-order valence-electron chi connectivity index (χ1n) is 6.34. The Morgan fingerprint density at radius 3 is 2.76 bits per heavy atom. The van der Waals surface area contributed by atoms with Crippen molar-refractivity contribution in [1.82, 2.24) is 9.27 Å². The minimum atomic E-state index is 0.654. The van der Waals surface area contributed by atoms with Gasteiger partial charge < -0.3 is 16.0 Å². The highest BCUT2D eigenvalue weighted by molar-refractivity contribution is 7.10. The number of nitrogens with one attached hydrogen (secondary N) is 1. The molecule has 0 unspecified atom stereocenters. The van der Waals surface area contributed by atoms with E-state index in [4.69, 9.17) is 5.73 Å². The molecular weight excluding hydrogens is 232 g/mol. The zero-order valence-electron chi connectivity index (χ0n) is 10.7. The lowest BCUT2D eigenvalue weighted by Gasteiger charge is -2.23. The van der Waals surface area contributed by atoms with Gasteiger partial charge in [0.05, 0.1) is 0 Å². The second-order valence-electron chi connectivity index (χ2n) is 4.87. The first-order chi connectivity index (χ1) is 8.18. The van der Waals surface area contributed by atoms with Crippen LogP contribution >= 0.6 is 11.5 Å². The van der Waals surface area contributed by atoms with E-state index < -0.39 is 0 Å². The number of nitrogen functional groups attached to an aromatic ring is 1. The number of rotatable bonds is 5. The topological polar surface area (TPSA) is 54.2 Å². The normalized spacial score (nSPS) is 16.9. The highest BCUT2D eigenvalue weighted by Gasteiger charge is 2.18. The van der Waals surface area contributed by atoms with E-state index in [2.05, 4.69) is 21.6 Å². The Kier molecular flexibility index (Phi) is 4.23. The second-order valence-corrected chi connectivity index (χ2v) is 5.64. The van der Waals surface area contributed by atoms with Crippen molar-refractivity contribution in [2.75, 3.05) is 31.2 Å². The first-order valence-corrected chi connectivity index (χ1v) is 7.11. The van der Waals surface area contributed by atoms with Gasteiger partial charge in [-0.15, -0.1) is 0 Å². The highest BCUT2D eigenvalue weighted by Crippen LogP contribution is 2.25. The fraction of sp³-hybridized carbons (Fsp3) is 0.750. The van der Waals surface area contributed by atoms with Crippen molar-refractivity contribution in [2.45, 2.75) is 38.6 Å². The summed E-state index contributed by atoms with van der Waals surface area (Å²) in [6.45, 7) is 4.07. The number of nitrogens with two attached hydrogens (primary N) is 1. The van der Waals surface area contributed by atoms with Crippen LogP contribution in [0.1, 0.15) is 31.2 Å². The van der Waals surface area contributed by atoms with Crippen LogP contribution in [-0.2, 0) is 0 Å². The predicted molar refractivity (Wildman–Crippen MR) is 74.6 cm³/mol. The molecule has 17 heavy (non-hydrogen) atoms. The Bertz CT molecular complexity index is 357. The van der Waals surface area contributed by atoms with E-state index in [-0.39, 0.29) is 0 Å². The summed E-state index contributed by atoms with van der Waals surface area (Å²) in [6, 6.07) is 0.796. The molecule has 0 radical (unpaired) electrons. The van der Waals surface area contributed by atoms with Gasteiger partial charge in [0.25, 0.3) is 0 Å². The molecule has 1 aliphatic rings. The van der Waals surface area contributed by atoms with E-state index in [9.17, 15) is 0 Å². The van der Waals surface area contributed by atoms with Crippen LogP contribution < -0.4 is 11.1 Å². The Hall–Kier alpha value is -0.810. The molecule has 96 valence electrons. The van der Waals surface area contributed by atoms with Crippen LogP contribution in [0.2, 0.25) is 0 Å². The van der Waals surface area contributed by atoms with Crippen molar-refractivity contribution in [2.24, 2.45) is 0 Å². The van der Waals surface area contributed by atoms with Gasteiger partial charge in [-0.05, 0) is 38.3 Å². The van der Waals surface area contributed by atoms with Gasteiger partial charge in [0.2, 0.25) is 0 Å². The molecule has 0 amide bonds. The number of hydrogen-bond donors (Lipinski definition) is 2. The maximum atomic E-state index is 5.72. The van der Waals surface area contributed by atoms with E-state index in [0.717, 1.165) is 29.7 Å². The molecule has 0 aromatic carbocycles. The average molecular weight is 254 g/mol. The van der Waals surface area contributed by atoms with Gasteiger partial charge in [0.1, 0.15) is 10.8 Å². The average Bonchev–Trinajstić information content (AvgIpc) is 2.93. The van der Waals surface area contributed by atoms with E-state index >= 15 is 0 Å². The van der Waals surface area contributed by atoms with E-state index in [1.807, 2.05) is 6.92 Å².